The maximum atomic E-state index is 12.2. The van der Waals surface area contributed by atoms with Crippen molar-refractivity contribution in [2.45, 2.75) is 38.7 Å². The molecule has 0 bridgehead atoms. The Kier molecular flexibility index (Phi) is 4.60. The van der Waals surface area contributed by atoms with Gasteiger partial charge in [-0.25, -0.2) is 0 Å². The van der Waals surface area contributed by atoms with Crippen molar-refractivity contribution in [1.82, 2.24) is 0 Å². The first-order chi connectivity index (χ1) is 11.1. The molecule has 23 heavy (non-hydrogen) atoms. The van der Waals surface area contributed by atoms with Crippen LogP contribution >= 0.6 is 0 Å². The van der Waals surface area contributed by atoms with Gasteiger partial charge >= 0.3 is 5.97 Å². The number of rotatable bonds is 4. The first kappa shape index (κ1) is 15.5. The highest BCUT2D eigenvalue weighted by Gasteiger charge is 2.27. The number of carbonyl (C=O) groups excluding carboxylic acids is 2. The Morgan fingerprint density at radius 1 is 1.09 bits per heavy atom. The van der Waals surface area contributed by atoms with Gasteiger partial charge in [0.15, 0.2) is 6.10 Å². The van der Waals surface area contributed by atoms with Crippen molar-refractivity contribution in [3.05, 3.63) is 42.5 Å². The van der Waals surface area contributed by atoms with E-state index in [9.17, 15) is 9.59 Å². The van der Waals surface area contributed by atoms with Gasteiger partial charge in [-0.3, -0.25) is 9.59 Å². The molecule has 4 nitrogen and oxygen atoms in total. The number of anilines is 1. The van der Waals surface area contributed by atoms with Gasteiger partial charge in [-0.1, -0.05) is 43.2 Å². The molecule has 1 amide bonds. The lowest BCUT2D eigenvalue weighted by Gasteiger charge is -2.16. The summed E-state index contributed by atoms with van der Waals surface area (Å²) in [5.41, 5.74) is 0.706. The average molecular weight is 311 g/mol. The van der Waals surface area contributed by atoms with Gasteiger partial charge in [0.05, 0.1) is 5.92 Å². The maximum absolute atomic E-state index is 12.2. The molecule has 120 valence electrons. The van der Waals surface area contributed by atoms with Gasteiger partial charge in [-0.2, -0.15) is 0 Å². The first-order valence-electron chi connectivity index (χ1n) is 8.13. The van der Waals surface area contributed by atoms with Crippen LogP contribution in [0.25, 0.3) is 10.8 Å². The molecule has 0 heterocycles. The fraction of sp³-hybridized carbons (Fsp3) is 0.368. The Morgan fingerprint density at radius 3 is 2.52 bits per heavy atom. The molecule has 1 saturated carbocycles. The highest BCUT2D eigenvalue weighted by atomic mass is 16.5. The zero-order valence-electron chi connectivity index (χ0n) is 13.2. The number of esters is 1. The molecule has 0 unspecified atom stereocenters. The second-order valence-corrected chi connectivity index (χ2v) is 6.11. The number of ether oxygens (including phenoxy) is 1. The van der Waals surface area contributed by atoms with Gasteiger partial charge in [-0.15, -0.1) is 0 Å². The molecule has 1 aliphatic carbocycles. The first-order valence-corrected chi connectivity index (χ1v) is 8.13. The summed E-state index contributed by atoms with van der Waals surface area (Å²) in [7, 11) is 0. The standard InChI is InChI=1S/C19H21NO3/c1-13(23-19(22)15-7-3-4-8-15)18(21)20-17-11-10-14-6-2-5-9-16(14)12-17/h2,5-6,9-13,15H,3-4,7-8H2,1H3,(H,20,21)/t13-/m0/s1. The Morgan fingerprint density at radius 2 is 1.78 bits per heavy atom. The van der Waals surface area contributed by atoms with E-state index in [1.165, 1.54) is 0 Å². The maximum Gasteiger partial charge on any atom is 0.309 e. The van der Waals surface area contributed by atoms with E-state index in [1.807, 2.05) is 42.5 Å². The van der Waals surface area contributed by atoms with Gasteiger partial charge in [0.1, 0.15) is 0 Å². The van der Waals surface area contributed by atoms with Crippen LogP contribution in [0.5, 0.6) is 0 Å². The lowest BCUT2D eigenvalue weighted by molar-refractivity contribution is -0.157. The second kappa shape index (κ2) is 6.82. The number of hydrogen-bond donors (Lipinski definition) is 1. The fourth-order valence-electron chi connectivity index (χ4n) is 3.00. The van der Waals surface area contributed by atoms with Gasteiger partial charge < -0.3 is 10.1 Å². The number of benzene rings is 2. The highest BCUT2D eigenvalue weighted by Crippen LogP contribution is 2.26. The summed E-state index contributed by atoms with van der Waals surface area (Å²) in [5.74, 6) is -0.582. The normalized spacial score (nSPS) is 16.2. The molecule has 0 saturated heterocycles. The van der Waals surface area contributed by atoms with Crippen molar-refractivity contribution in [3.8, 4) is 0 Å². The summed E-state index contributed by atoms with van der Waals surface area (Å²) < 4.78 is 5.30. The van der Waals surface area contributed by atoms with E-state index in [1.54, 1.807) is 6.92 Å². The minimum Gasteiger partial charge on any atom is -0.452 e. The van der Waals surface area contributed by atoms with Crippen molar-refractivity contribution < 1.29 is 14.3 Å². The molecule has 2 aromatic carbocycles. The predicted molar refractivity (Wildman–Crippen MR) is 90.1 cm³/mol. The third-order valence-corrected chi connectivity index (χ3v) is 4.37. The second-order valence-electron chi connectivity index (χ2n) is 6.11. The lowest BCUT2D eigenvalue weighted by atomic mass is 10.1. The van der Waals surface area contributed by atoms with Crippen LogP contribution in [0.3, 0.4) is 0 Å². The van der Waals surface area contributed by atoms with Crippen molar-refractivity contribution >= 4 is 28.3 Å². The molecule has 1 atom stereocenters. The van der Waals surface area contributed by atoms with Crippen molar-refractivity contribution in [2.24, 2.45) is 5.92 Å². The quantitative estimate of drug-likeness (QED) is 0.871. The van der Waals surface area contributed by atoms with Crippen LogP contribution in [0, 0.1) is 5.92 Å². The summed E-state index contributed by atoms with van der Waals surface area (Å²) in [5, 5.41) is 4.99. The van der Waals surface area contributed by atoms with Crippen LogP contribution in [-0.2, 0) is 14.3 Å². The van der Waals surface area contributed by atoms with E-state index >= 15 is 0 Å². The summed E-state index contributed by atoms with van der Waals surface area (Å²) >= 11 is 0. The average Bonchev–Trinajstić information content (AvgIpc) is 3.09. The SMILES string of the molecule is C[C@H](OC(=O)C1CCCC1)C(=O)Nc1ccc2ccccc2c1. The molecule has 3 rings (SSSR count). The molecule has 1 fully saturated rings. The number of carbonyl (C=O) groups is 2. The molecular formula is C19H21NO3. The molecular weight excluding hydrogens is 290 g/mol. The van der Waals surface area contributed by atoms with E-state index < -0.39 is 6.10 Å². The number of hydrogen-bond acceptors (Lipinski definition) is 3. The summed E-state index contributed by atoms with van der Waals surface area (Å²) in [6, 6.07) is 13.7. The minimum absolute atomic E-state index is 0.0362. The van der Waals surface area contributed by atoms with E-state index in [4.69, 9.17) is 4.74 Å². The molecule has 0 aliphatic heterocycles. The monoisotopic (exact) mass is 311 g/mol. The van der Waals surface area contributed by atoms with Crippen molar-refractivity contribution in [1.29, 1.82) is 0 Å². The third-order valence-electron chi connectivity index (χ3n) is 4.37. The van der Waals surface area contributed by atoms with Crippen LogP contribution in [-0.4, -0.2) is 18.0 Å². The van der Waals surface area contributed by atoms with Crippen LogP contribution in [0.15, 0.2) is 42.5 Å². The van der Waals surface area contributed by atoms with Crippen molar-refractivity contribution in [3.63, 3.8) is 0 Å². The lowest BCUT2D eigenvalue weighted by Crippen LogP contribution is -2.31. The van der Waals surface area contributed by atoms with Crippen LogP contribution in [0.4, 0.5) is 5.69 Å². The van der Waals surface area contributed by atoms with Crippen LogP contribution in [0.2, 0.25) is 0 Å². The predicted octanol–water partition coefficient (Wildman–Crippen LogP) is 3.90. The molecule has 4 heteroatoms. The van der Waals surface area contributed by atoms with Gasteiger partial charge in [0.2, 0.25) is 0 Å². The smallest absolute Gasteiger partial charge is 0.309 e. The Bertz CT molecular complexity index is 719. The van der Waals surface area contributed by atoms with Gasteiger partial charge in [0.25, 0.3) is 5.91 Å². The van der Waals surface area contributed by atoms with E-state index in [0.29, 0.717) is 5.69 Å². The highest BCUT2D eigenvalue weighted by molar-refractivity contribution is 5.97. The largest absolute Gasteiger partial charge is 0.452 e. The molecule has 0 aromatic heterocycles. The number of fused-ring (bicyclic) bond motifs is 1. The summed E-state index contributed by atoms with van der Waals surface area (Å²) in [6.07, 6.45) is 3.10. The zero-order valence-corrected chi connectivity index (χ0v) is 13.2. The van der Waals surface area contributed by atoms with Crippen LogP contribution in [0.1, 0.15) is 32.6 Å². The molecule has 0 radical (unpaired) electrons. The van der Waals surface area contributed by atoms with Crippen LogP contribution < -0.4 is 5.32 Å². The fourth-order valence-corrected chi connectivity index (χ4v) is 3.00. The Labute approximate surface area is 135 Å². The van der Waals surface area contributed by atoms with E-state index in [2.05, 4.69) is 5.32 Å². The number of amides is 1. The third kappa shape index (κ3) is 3.70. The minimum atomic E-state index is -0.783. The Hall–Kier alpha value is -2.36. The molecule has 2 aromatic rings. The van der Waals surface area contributed by atoms with Gasteiger partial charge in [-0.05, 0) is 42.7 Å². The molecule has 1 aliphatic rings. The summed E-state index contributed by atoms with van der Waals surface area (Å²) in [4.78, 5) is 24.2. The molecule has 1 N–H and O–H groups in total. The van der Waals surface area contributed by atoms with Crippen molar-refractivity contribution in [2.75, 3.05) is 5.32 Å². The topological polar surface area (TPSA) is 55.4 Å². The van der Waals surface area contributed by atoms with Gasteiger partial charge in [0, 0.05) is 5.69 Å². The molecule has 0 spiro atoms. The number of nitrogens with one attached hydrogen (secondary N) is 1. The van der Waals surface area contributed by atoms with E-state index in [0.717, 1.165) is 36.5 Å². The summed E-state index contributed by atoms with van der Waals surface area (Å²) in [6.45, 7) is 1.61. The Balaban J connectivity index is 1.61. The zero-order chi connectivity index (χ0) is 16.2. The van der Waals surface area contributed by atoms with E-state index in [-0.39, 0.29) is 17.8 Å².